The third-order valence-electron chi connectivity index (χ3n) is 6.53. The van der Waals surface area contributed by atoms with Crippen molar-refractivity contribution >= 4 is 28.4 Å². The molecule has 1 atom stereocenters. The Morgan fingerprint density at radius 2 is 1.79 bits per heavy atom. The topological polar surface area (TPSA) is 73.7 Å². The summed E-state index contributed by atoms with van der Waals surface area (Å²) in [5.74, 6) is -4.30. The number of urea groups is 1. The molecule has 0 bridgehead atoms. The summed E-state index contributed by atoms with van der Waals surface area (Å²) in [6, 6.07) is 6.39. The van der Waals surface area contributed by atoms with Gasteiger partial charge in [0.2, 0.25) is 0 Å². The highest BCUT2D eigenvalue weighted by molar-refractivity contribution is 5.90. The fourth-order valence-corrected chi connectivity index (χ4v) is 4.71. The molecule has 0 aliphatic carbocycles. The Morgan fingerprint density at radius 3 is 2.56 bits per heavy atom. The van der Waals surface area contributed by atoms with E-state index >= 15 is 0 Å². The highest BCUT2D eigenvalue weighted by atomic mass is 19.2. The number of rotatable bonds is 2. The van der Waals surface area contributed by atoms with Crippen LogP contribution in [0.1, 0.15) is 0 Å². The number of nitrogens with zero attached hydrogens (tertiary/aromatic N) is 5. The minimum atomic E-state index is -1.58. The van der Waals surface area contributed by atoms with Crippen molar-refractivity contribution in [2.24, 2.45) is 7.05 Å². The summed E-state index contributed by atoms with van der Waals surface area (Å²) in [5, 5.41) is 3.33. The lowest BCUT2D eigenvalue weighted by Gasteiger charge is -2.47. The van der Waals surface area contributed by atoms with Crippen LogP contribution in [0.2, 0.25) is 0 Å². The molecule has 4 heterocycles. The third-order valence-corrected chi connectivity index (χ3v) is 6.53. The Morgan fingerprint density at radius 1 is 1.06 bits per heavy atom. The fourth-order valence-electron chi connectivity index (χ4n) is 4.71. The number of anilines is 2. The number of amides is 2. The molecule has 0 saturated carbocycles. The molecule has 3 aromatic rings. The Labute approximate surface area is 193 Å². The van der Waals surface area contributed by atoms with E-state index in [0.717, 1.165) is 36.3 Å². The van der Waals surface area contributed by atoms with Gasteiger partial charge < -0.3 is 15.1 Å². The summed E-state index contributed by atoms with van der Waals surface area (Å²) in [6.45, 7) is 3.60. The van der Waals surface area contributed by atoms with Gasteiger partial charge in [-0.3, -0.25) is 14.3 Å². The van der Waals surface area contributed by atoms with Crippen LogP contribution in [-0.4, -0.2) is 70.7 Å². The maximum atomic E-state index is 13.5. The molecule has 2 aliphatic heterocycles. The maximum absolute atomic E-state index is 13.5. The molecule has 1 unspecified atom stereocenters. The number of aromatic nitrogens is 2. The summed E-state index contributed by atoms with van der Waals surface area (Å²) in [6.07, 6.45) is 1.65. The molecule has 178 valence electrons. The van der Waals surface area contributed by atoms with Crippen molar-refractivity contribution in [2.45, 2.75) is 6.04 Å². The van der Waals surface area contributed by atoms with Gasteiger partial charge in [0.15, 0.2) is 17.5 Å². The van der Waals surface area contributed by atoms with Gasteiger partial charge >= 0.3 is 6.03 Å². The van der Waals surface area contributed by atoms with Crippen molar-refractivity contribution < 1.29 is 18.0 Å². The average Bonchev–Trinajstić information content (AvgIpc) is 2.84. The lowest BCUT2D eigenvalue weighted by atomic mass is 10.1. The van der Waals surface area contributed by atoms with Crippen LogP contribution in [0.5, 0.6) is 0 Å². The first-order valence-corrected chi connectivity index (χ1v) is 11.0. The Hall–Kier alpha value is -3.60. The van der Waals surface area contributed by atoms with Gasteiger partial charge in [-0.2, -0.15) is 0 Å². The molecule has 1 N–H and O–H groups in total. The minimum Gasteiger partial charge on any atom is -0.368 e. The van der Waals surface area contributed by atoms with Gasteiger partial charge in [0, 0.05) is 87.8 Å². The zero-order valence-electron chi connectivity index (χ0n) is 18.5. The van der Waals surface area contributed by atoms with Gasteiger partial charge in [-0.05, 0) is 12.1 Å². The zero-order chi connectivity index (χ0) is 24.0. The van der Waals surface area contributed by atoms with E-state index in [1.165, 1.54) is 4.57 Å². The first-order valence-electron chi connectivity index (χ1n) is 11.0. The standard InChI is InChI=1S/C23H23F3N6O2/c1-29-20(33)11-19(16-3-2-4-27-22(16)29)31-7-5-30-6-8-32(13-15(30)12-31)23(34)28-14-9-17(24)21(26)18(25)10-14/h2-4,9-11,15H,5-8,12-13H2,1H3,(H,28,34). The summed E-state index contributed by atoms with van der Waals surface area (Å²) < 4.78 is 41.7. The van der Waals surface area contributed by atoms with Crippen LogP contribution in [0, 0.1) is 17.5 Å². The molecular weight excluding hydrogens is 449 g/mol. The van der Waals surface area contributed by atoms with Gasteiger partial charge in [0.25, 0.3) is 5.56 Å². The van der Waals surface area contributed by atoms with Crippen molar-refractivity contribution in [3.05, 3.63) is 64.3 Å². The predicted molar refractivity (Wildman–Crippen MR) is 121 cm³/mol. The van der Waals surface area contributed by atoms with E-state index in [2.05, 4.69) is 20.1 Å². The van der Waals surface area contributed by atoms with E-state index in [1.807, 2.05) is 12.1 Å². The van der Waals surface area contributed by atoms with Gasteiger partial charge in [-0.1, -0.05) is 0 Å². The molecule has 0 spiro atoms. The van der Waals surface area contributed by atoms with Crippen molar-refractivity contribution in [1.82, 2.24) is 19.4 Å². The smallest absolute Gasteiger partial charge is 0.321 e. The van der Waals surface area contributed by atoms with E-state index < -0.39 is 23.5 Å². The van der Waals surface area contributed by atoms with Gasteiger partial charge in [-0.15, -0.1) is 0 Å². The lowest BCUT2D eigenvalue weighted by molar-refractivity contribution is 0.0853. The quantitative estimate of drug-likeness (QED) is 0.580. The molecule has 8 nitrogen and oxygen atoms in total. The zero-order valence-corrected chi connectivity index (χ0v) is 18.5. The number of hydrogen-bond donors (Lipinski definition) is 1. The highest BCUT2D eigenvalue weighted by Crippen LogP contribution is 2.27. The van der Waals surface area contributed by atoms with E-state index in [4.69, 9.17) is 0 Å². The van der Waals surface area contributed by atoms with E-state index in [-0.39, 0.29) is 17.3 Å². The molecule has 2 aliphatic rings. The normalized spacial score (nSPS) is 18.8. The summed E-state index contributed by atoms with van der Waals surface area (Å²) >= 11 is 0. The second-order valence-corrected chi connectivity index (χ2v) is 8.57. The number of nitrogens with one attached hydrogen (secondary N) is 1. The number of pyridine rings is 2. The molecule has 34 heavy (non-hydrogen) atoms. The van der Waals surface area contributed by atoms with Gasteiger partial charge in [0.1, 0.15) is 5.65 Å². The number of aryl methyl sites for hydroxylation is 1. The van der Waals surface area contributed by atoms with Crippen LogP contribution >= 0.6 is 0 Å². The molecule has 2 fully saturated rings. The maximum Gasteiger partial charge on any atom is 0.321 e. The van der Waals surface area contributed by atoms with Gasteiger partial charge in [-0.25, -0.2) is 22.9 Å². The monoisotopic (exact) mass is 472 g/mol. The van der Waals surface area contributed by atoms with Gasteiger partial charge in [0.05, 0.1) is 5.69 Å². The largest absolute Gasteiger partial charge is 0.368 e. The summed E-state index contributed by atoms with van der Waals surface area (Å²) in [7, 11) is 1.69. The number of hydrogen-bond acceptors (Lipinski definition) is 5. The fraction of sp³-hybridized carbons (Fsp3) is 0.348. The molecule has 11 heteroatoms. The van der Waals surface area contributed by atoms with Crippen LogP contribution in [0.4, 0.5) is 29.3 Å². The van der Waals surface area contributed by atoms with E-state index in [0.29, 0.717) is 31.8 Å². The SMILES string of the molecule is Cn1c(=O)cc(N2CCN3CCN(C(=O)Nc4cc(F)c(F)c(F)c4)CC3C2)c2cccnc21. The van der Waals surface area contributed by atoms with Crippen LogP contribution in [-0.2, 0) is 7.05 Å². The third kappa shape index (κ3) is 3.96. The molecule has 2 amide bonds. The van der Waals surface area contributed by atoms with Crippen molar-refractivity contribution in [1.29, 1.82) is 0 Å². The second kappa shape index (κ2) is 8.64. The molecule has 2 aromatic heterocycles. The molecule has 0 radical (unpaired) electrons. The summed E-state index contributed by atoms with van der Waals surface area (Å²) in [5.41, 5.74) is 1.13. The van der Waals surface area contributed by atoms with Crippen LogP contribution in [0.25, 0.3) is 11.0 Å². The number of piperazine rings is 2. The first kappa shape index (κ1) is 22.2. The molecular formula is C23H23F3N6O2. The van der Waals surface area contributed by atoms with Crippen LogP contribution in [0.15, 0.2) is 41.3 Å². The lowest BCUT2D eigenvalue weighted by Crippen LogP contribution is -2.63. The Kier molecular flexibility index (Phi) is 5.64. The number of halogens is 3. The number of fused-ring (bicyclic) bond motifs is 2. The van der Waals surface area contributed by atoms with Crippen molar-refractivity contribution in [3.63, 3.8) is 0 Å². The molecule has 2 saturated heterocycles. The molecule has 1 aromatic carbocycles. The Balaban J connectivity index is 1.33. The average molecular weight is 472 g/mol. The predicted octanol–water partition coefficient (Wildman–Crippen LogP) is 2.39. The number of carbonyl (C=O) groups excluding carboxylic acids is 1. The summed E-state index contributed by atoms with van der Waals surface area (Å²) in [4.78, 5) is 35.6. The minimum absolute atomic E-state index is 0.00530. The van der Waals surface area contributed by atoms with Crippen LogP contribution < -0.4 is 15.8 Å². The molecule has 5 rings (SSSR count). The van der Waals surface area contributed by atoms with E-state index in [1.54, 1.807) is 24.2 Å². The number of benzene rings is 1. The number of carbonyl (C=O) groups is 1. The van der Waals surface area contributed by atoms with Crippen molar-refractivity contribution in [2.75, 3.05) is 49.5 Å². The van der Waals surface area contributed by atoms with Crippen molar-refractivity contribution in [3.8, 4) is 0 Å². The Bertz CT molecular complexity index is 1310. The second-order valence-electron chi connectivity index (χ2n) is 8.57. The van der Waals surface area contributed by atoms with Crippen LogP contribution in [0.3, 0.4) is 0 Å². The first-order chi connectivity index (χ1) is 16.3. The highest BCUT2D eigenvalue weighted by Gasteiger charge is 2.34. The van der Waals surface area contributed by atoms with E-state index in [9.17, 15) is 22.8 Å².